The first kappa shape index (κ1) is 17.8. The molecule has 1 atom stereocenters. The summed E-state index contributed by atoms with van der Waals surface area (Å²) in [5.74, 6) is -2.40. The highest BCUT2D eigenvalue weighted by molar-refractivity contribution is 7.93. The van der Waals surface area contributed by atoms with Crippen molar-refractivity contribution in [2.75, 3.05) is 5.32 Å². The van der Waals surface area contributed by atoms with Gasteiger partial charge in [-0.1, -0.05) is 22.9 Å². The van der Waals surface area contributed by atoms with Gasteiger partial charge in [0.05, 0.1) is 11.2 Å². The van der Waals surface area contributed by atoms with Gasteiger partial charge < -0.3 is 9.87 Å². The van der Waals surface area contributed by atoms with Gasteiger partial charge in [-0.15, -0.1) is 0 Å². The number of hydrogen-bond donors (Lipinski definition) is 1. The highest BCUT2D eigenvalue weighted by Gasteiger charge is 2.27. The van der Waals surface area contributed by atoms with Crippen molar-refractivity contribution >= 4 is 45.7 Å². The molecule has 0 radical (unpaired) electrons. The molecule has 3 aromatic rings. The van der Waals surface area contributed by atoms with E-state index in [0.717, 1.165) is 23.5 Å². The SMILES string of the molecule is O=C(Nc1ccc(F)cc1F)c1ncsc1[S+]([O-])c1ccc(Cl)cc1. The second kappa shape index (κ2) is 7.49. The van der Waals surface area contributed by atoms with E-state index in [-0.39, 0.29) is 15.6 Å². The topological polar surface area (TPSA) is 65.0 Å². The lowest BCUT2D eigenvalue weighted by molar-refractivity contribution is 0.101. The van der Waals surface area contributed by atoms with Crippen molar-refractivity contribution in [2.45, 2.75) is 9.10 Å². The Morgan fingerprint density at radius 3 is 2.60 bits per heavy atom. The fraction of sp³-hybridized carbons (Fsp3) is 0. The summed E-state index contributed by atoms with van der Waals surface area (Å²) >= 11 is 5.21. The lowest BCUT2D eigenvalue weighted by atomic mass is 10.3. The van der Waals surface area contributed by atoms with Crippen molar-refractivity contribution in [3.63, 3.8) is 0 Å². The molecule has 1 unspecified atom stereocenters. The van der Waals surface area contributed by atoms with E-state index in [0.29, 0.717) is 16.0 Å². The van der Waals surface area contributed by atoms with Gasteiger partial charge in [-0.3, -0.25) is 4.79 Å². The third kappa shape index (κ3) is 3.98. The van der Waals surface area contributed by atoms with Crippen molar-refractivity contribution in [3.8, 4) is 0 Å². The number of rotatable bonds is 4. The van der Waals surface area contributed by atoms with Crippen molar-refractivity contribution in [2.24, 2.45) is 0 Å². The van der Waals surface area contributed by atoms with Gasteiger partial charge in [-0.2, -0.15) is 0 Å². The van der Waals surface area contributed by atoms with Crippen LogP contribution in [0.2, 0.25) is 5.02 Å². The quantitative estimate of drug-likeness (QED) is 0.658. The van der Waals surface area contributed by atoms with Crippen molar-refractivity contribution in [1.82, 2.24) is 4.98 Å². The molecule has 0 saturated carbocycles. The first-order chi connectivity index (χ1) is 12.0. The van der Waals surface area contributed by atoms with Gasteiger partial charge in [0, 0.05) is 22.3 Å². The summed E-state index contributed by atoms with van der Waals surface area (Å²) in [6.45, 7) is 0. The van der Waals surface area contributed by atoms with E-state index >= 15 is 0 Å². The number of thiazole rings is 1. The minimum Gasteiger partial charge on any atom is -0.606 e. The summed E-state index contributed by atoms with van der Waals surface area (Å²) in [7, 11) is 0. The molecule has 0 aliphatic heterocycles. The molecule has 25 heavy (non-hydrogen) atoms. The van der Waals surface area contributed by atoms with Crippen LogP contribution in [0.5, 0.6) is 0 Å². The highest BCUT2D eigenvalue weighted by Crippen LogP contribution is 2.29. The van der Waals surface area contributed by atoms with E-state index in [2.05, 4.69) is 10.3 Å². The first-order valence-electron chi connectivity index (χ1n) is 6.83. The Labute approximate surface area is 153 Å². The van der Waals surface area contributed by atoms with Gasteiger partial charge in [0.25, 0.3) is 5.91 Å². The monoisotopic (exact) mass is 398 g/mol. The third-order valence-corrected chi connectivity index (χ3v) is 5.97. The maximum Gasteiger partial charge on any atom is 0.280 e. The number of carbonyl (C=O) groups excluding carboxylic acids is 1. The summed E-state index contributed by atoms with van der Waals surface area (Å²) in [5.41, 5.74) is 1.10. The number of nitrogens with one attached hydrogen (secondary N) is 1. The predicted molar refractivity (Wildman–Crippen MR) is 92.6 cm³/mol. The number of carbonyl (C=O) groups is 1. The number of benzene rings is 2. The zero-order valence-electron chi connectivity index (χ0n) is 12.3. The second-order valence-corrected chi connectivity index (χ2v) is 7.76. The van der Waals surface area contributed by atoms with Gasteiger partial charge in [0.2, 0.25) is 4.21 Å². The fourth-order valence-corrected chi connectivity index (χ4v) is 4.28. The number of aromatic nitrogens is 1. The summed E-state index contributed by atoms with van der Waals surface area (Å²) in [6, 6.07) is 9.12. The molecular formula is C16H9ClF2N2O2S2. The molecule has 0 spiro atoms. The van der Waals surface area contributed by atoms with E-state index in [4.69, 9.17) is 11.6 Å². The lowest BCUT2D eigenvalue weighted by Gasteiger charge is -2.10. The number of anilines is 1. The van der Waals surface area contributed by atoms with E-state index in [1.165, 1.54) is 5.51 Å². The molecule has 0 bridgehead atoms. The van der Waals surface area contributed by atoms with Crippen LogP contribution in [0, 0.1) is 11.6 Å². The van der Waals surface area contributed by atoms with Crippen molar-refractivity contribution in [1.29, 1.82) is 0 Å². The van der Waals surface area contributed by atoms with Gasteiger partial charge in [-0.05, 0) is 36.4 Å². The van der Waals surface area contributed by atoms with Gasteiger partial charge in [-0.25, -0.2) is 13.8 Å². The first-order valence-corrected chi connectivity index (χ1v) is 9.23. The maximum atomic E-state index is 13.7. The molecule has 1 heterocycles. The molecule has 128 valence electrons. The van der Waals surface area contributed by atoms with Crippen molar-refractivity contribution < 1.29 is 18.1 Å². The van der Waals surface area contributed by atoms with E-state index in [9.17, 15) is 18.1 Å². The van der Waals surface area contributed by atoms with Crippen LogP contribution in [0.25, 0.3) is 0 Å². The van der Waals surface area contributed by atoms with E-state index < -0.39 is 28.7 Å². The largest absolute Gasteiger partial charge is 0.606 e. The van der Waals surface area contributed by atoms with Crippen molar-refractivity contribution in [3.05, 3.63) is 70.3 Å². The zero-order chi connectivity index (χ0) is 18.0. The fourth-order valence-electron chi connectivity index (χ4n) is 1.96. The molecule has 0 fully saturated rings. The Hall–Kier alpha value is -2.00. The molecule has 1 amide bonds. The second-order valence-electron chi connectivity index (χ2n) is 4.79. The molecular weight excluding hydrogens is 390 g/mol. The number of amides is 1. The molecule has 9 heteroatoms. The normalized spacial score (nSPS) is 12.0. The number of hydrogen-bond acceptors (Lipinski definition) is 4. The standard InChI is InChI=1S/C16H9ClF2N2O2S2/c17-9-1-4-11(5-2-9)25(23)16-14(20-8-24-16)15(22)21-13-6-3-10(18)7-12(13)19/h1-8H,(H,21,22). The smallest absolute Gasteiger partial charge is 0.280 e. The Morgan fingerprint density at radius 1 is 1.20 bits per heavy atom. The average Bonchev–Trinajstić information content (AvgIpc) is 3.07. The average molecular weight is 399 g/mol. The van der Waals surface area contributed by atoms with Crippen LogP contribution >= 0.6 is 22.9 Å². The molecule has 2 aromatic carbocycles. The maximum absolute atomic E-state index is 13.7. The summed E-state index contributed by atoms with van der Waals surface area (Å²) in [6.07, 6.45) is 0. The van der Waals surface area contributed by atoms with Crippen LogP contribution in [-0.4, -0.2) is 15.4 Å². The summed E-state index contributed by atoms with van der Waals surface area (Å²) in [4.78, 5) is 16.7. The molecule has 0 aliphatic rings. The van der Waals surface area contributed by atoms with Crippen LogP contribution in [0.1, 0.15) is 10.5 Å². The number of nitrogens with zero attached hydrogens (tertiary/aromatic N) is 1. The van der Waals surface area contributed by atoms with E-state index in [1.54, 1.807) is 24.3 Å². The Morgan fingerprint density at radius 2 is 1.92 bits per heavy atom. The minimum atomic E-state index is -1.64. The summed E-state index contributed by atoms with van der Waals surface area (Å²) < 4.78 is 39.5. The van der Waals surface area contributed by atoms with Crippen LogP contribution < -0.4 is 5.32 Å². The minimum absolute atomic E-state index is 0.0815. The highest BCUT2D eigenvalue weighted by atomic mass is 35.5. The third-order valence-electron chi connectivity index (χ3n) is 3.13. The Bertz CT molecular complexity index is 919. The Kier molecular flexibility index (Phi) is 5.33. The zero-order valence-corrected chi connectivity index (χ0v) is 14.7. The van der Waals surface area contributed by atoms with Crippen LogP contribution in [0.3, 0.4) is 0 Å². The summed E-state index contributed by atoms with van der Waals surface area (Å²) in [5, 5.41) is 2.80. The van der Waals surface area contributed by atoms with Crippen LogP contribution in [0.15, 0.2) is 57.1 Å². The number of halogens is 3. The molecule has 1 N–H and O–H groups in total. The lowest BCUT2D eigenvalue weighted by Crippen LogP contribution is -2.17. The molecule has 0 saturated heterocycles. The van der Waals surface area contributed by atoms with Gasteiger partial charge >= 0.3 is 0 Å². The van der Waals surface area contributed by atoms with Crippen LogP contribution in [0.4, 0.5) is 14.5 Å². The Balaban J connectivity index is 1.85. The van der Waals surface area contributed by atoms with Gasteiger partial charge in [0.1, 0.15) is 11.6 Å². The van der Waals surface area contributed by atoms with E-state index in [1.807, 2.05) is 0 Å². The van der Waals surface area contributed by atoms with Gasteiger partial charge in [0.15, 0.2) is 10.6 Å². The van der Waals surface area contributed by atoms with Crippen LogP contribution in [-0.2, 0) is 11.2 Å². The predicted octanol–water partition coefficient (Wildman–Crippen LogP) is 4.49. The molecule has 3 rings (SSSR count). The molecule has 0 aliphatic carbocycles. The molecule has 4 nitrogen and oxygen atoms in total. The molecule has 1 aromatic heterocycles.